The Kier molecular flexibility index (Phi) is 3.65. The number of rotatable bonds is 3. The lowest BCUT2D eigenvalue weighted by Gasteiger charge is -2.50. The highest BCUT2D eigenvalue weighted by Gasteiger charge is 2.46. The standard InChI is InChI=1S/C14H26O/c1-11(2)7-10-14(8-6-9-14)12(15)13(3,4)5/h7,12,15H,6,8-10H2,1-5H3. The molecule has 0 saturated heterocycles. The number of aliphatic hydroxyl groups excluding tert-OH is 1. The lowest BCUT2D eigenvalue weighted by Crippen LogP contribution is -2.47. The fourth-order valence-corrected chi connectivity index (χ4v) is 2.55. The fourth-order valence-electron chi connectivity index (χ4n) is 2.55. The molecule has 0 radical (unpaired) electrons. The summed E-state index contributed by atoms with van der Waals surface area (Å²) in [5.41, 5.74) is 1.55. The predicted molar refractivity (Wildman–Crippen MR) is 65.8 cm³/mol. The first-order chi connectivity index (χ1) is 6.78. The van der Waals surface area contributed by atoms with Crippen LogP contribution in [0.5, 0.6) is 0 Å². The molecule has 1 aliphatic carbocycles. The van der Waals surface area contributed by atoms with E-state index in [1.54, 1.807) is 0 Å². The SMILES string of the molecule is CC(C)=CCC1(C(O)C(C)(C)C)CCC1. The van der Waals surface area contributed by atoms with E-state index < -0.39 is 0 Å². The van der Waals surface area contributed by atoms with Crippen LogP contribution in [0.2, 0.25) is 0 Å². The average molecular weight is 210 g/mol. The quantitative estimate of drug-likeness (QED) is 0.700. The van der Waals surface area contributed by atoms with Gasteiger partial charge >= 0.3 is 0 Å². The molecule has 1 atom stereocenters. The first kappa shape index (κ1) is 12.8. The van der Waals surface area contributed by atoms with Crippen LogP contribution in [0.15, 0.2) is 11.6 Å². The number of aliphatic hydroxyl groups is 1. The van der Waals surface area contributed by atoms with Crippen LogP contribution >= 0.6 is 0 Å². The second-order valence-corrected chi connectivity index (χ2v) is 6.47. The van der Waals surface area contributed by atoms with E-state index in [0.29, 0.717) is 0 Å². The van der Waals surface area contributed by atoms with Crippen LogP contribution in [0.4, 0.5) is 0 Å². The molecule has 15 heavy (non-hydrogen) atoms. The van der Waals surface area contributed by atoms with Crippen LogP contribution in [0.1, 0.15) is 60.3 Å². The third kappa shape index (κ3) is 2.84. The van der Waals surface area contributed by atoms with E-state index in [0.717, 1.165) is 6.42 Å². The molecule has 0 aromatic carbocycles. The van der Waals surface area contributed by atoms with E-state index in [-0.39, 0.29) is 16.9 Å². The highest BCUT2D eigenvalue weighted by atomic mass is 16.3. The van der Waals surface area contributed by atoms with Crippen LogP contribution in [-0.2, 0) is 0 Å². The fraction of sp³-hybridized carbons (Fsp3) is 0.857. The van der Waals surface area contributed by atoms with Gasteiger partial charge in [0.25, 0.3) is 0 Å². The smallest absolute Gasteiger partial charge is 0.0647 e. The zero-order valence-electron chi connectivity index (χ0n) is 10.9. The lowest BCUT2D eigenvalue weighted by molar-refractivity contribution is -0.0918. The first-order valence-electron chi connectivity index (χ1n) is 6.09. The zero-order chi connectivity index (χ0) is 11.7. The summed E-state index contributed by atoms with van der Waals surface area (Å²) in [4.78, 5) is 0. The van der Waals surface area contributed by atoms with Gasteiger partial charge in [-0.05, 0) is 38.5 Å². The van der Waals surface area contributed by atoms with E-state index in [2.05, 4.69) is 40.7 Å². The Morgan fingerprint density at radius 3 is 2.13 bits per heavy atom. The Morgan fingerprint density at radius 1 is 1.33 bits per heavy atom. The van der Waals surface area contributed by atoms with Gasteiger partial charge < -0.3 is 5.11 Å². The highest BCUT2D eigenvalue weighted by Crippen LogP contribution is 2.51. The van der Waals surface area contributed by atoms with Crippen molar-refractivity contribution in [1.29, 1.82) is 0 Å². The molecular weight excluding hydrogens is 184 g/mol. The van der Waals surface area contributed by atoms with Crippen molar-refractivity contribution in [3.05, 3.63) is 11.6 Å². The first-order valence-corrected chi connectivity index (χ1v) is 6.09. The summed E-state index contributed by atoms with van der Waals surface area (Å²) in [7, 11) is 0. The van der Waals surface area contributed by atoms with Gasteiger partial charge in [-0.15, -0.1) is 0 Å². The molecule has 1 fully saturated rings. The van der Waals surface area contributed by atoms with Crippen LogP contribution in [-0.4, -0.2) is 11.2 Å². The van der Waals surface area contributed by atoms with Gasteiger partial charge in [0.1, 0.15) is 0 Å². The van der Waals surface area contributed by atoms with Gasteiger partial charge in [-0.25, -0.2) is 0 Å². The monoisotopic (exact) mass is 210 g/mol. The minimum Gasteiger partial charge on any atom is -0.392 e. The van der Waals surface area contributed by atoms with Crippen LogP contribution < -0.4 is 0 Å². The molecule has 1 heteroatoms. The molecule has 1 unspecified atom stereocenters. The third-order valence-corrected chi connectivity index (χ3v) is 3.67. The molecule has 1 rings (SSSR count). The Labute approximate surface area is 94.6 Å². The maximum absolute atomic E-state index is 10.4. The van der Waals surface area contributed by atoms with Crippen molar-refractivity contribution in [3.8, 4) is 0 Å². The van der Waals surface area contributed by atoms with Crippen molar-refractivity contribution in [2.24, 2.45) is 10.8 Å². The van der Waals surface area contributed by atoms with Crippen molar-refractivity contribution in [3.63, 3.8) is 0 Å². The van der Waals surface area contributed by atoms with Crippen molar-refractivity contribution in [2.45, 2.75) is 66.4 Å². The molecule has 0 aromatic heterocycles. The molecule has 0 amide bonds. The maximum atomic E-state index is 10.4. The lowest BCUT2D eigenvalue weighted by atomic mass is 9.58. The van der Waals surface area contributed by atoms with Crippen LogP contribution in [0.25, 0.3) is 0 Å². The summed E-state index contributed by atoms with van der Waals surface area (Å²) in [5.74, 6) is 0. The summed E-state index contributed by atoms with van der Waals surface area (Å²) in [5, 5.41) is 10.4. The Morgan fingerprint density at radius 2 is 1.87 bits per heavy atom. The number of allylic oxidation sites excluding steroid dienone is 2. The molecule has 0 aliphatic heterocycles. The van der Waals surface area contributed by atoms with E-state index in [1.165, 1.54) is 24.8 Å². The van der Waals surface area contributed by atoms with Crippen LogP contribution in [0.3, 0.4) is 0 Å². The van der Waals surface area contributed by atoms with Crippen molar-refractivity contribution in [2.75, 3.05) is 0 Å². The Hall–Kier alpha value is -0.300. The minimum absolute atomic E-state index is 0.00983. The van der Waals surface area contributed by atoms with Gasteiger partial charge in [0, 0.05) is 5.41 Å². The number of hydrogen-bond acceptors (Lipinski definition) is 1. The van der Waals surface area contributed by atoms with E-state index in [4.69, 9.17) is 0 Å². The van der Waals surface area contributed by atoms with Gasteiger partial charge in [0.15, 0.2) is 0 Å². The van der Waals surface area contributed by atoms with Crippen LogP contribution in [0, 0.1) is 10.8 Å². The second kappa shape index (κ2) is 4.29. The molecular formula is C14H26O. The molecule has 1 aliphatic rings. The predicted octanol–water partition coefficient (Wildman–Crippen LogP) is 3.92. The molecule has 0 spiro atoms. The Bertz CT molecular complexity index is 237. The number of hydrogen-bond donors (Lipinski definition) is 1. The third-order valence-electron chi connectivity index (χ3n) is 3.67. The normalized spacial score (nSPS) is 21.7. The molecule has 1 saturated carbocycles. The molecule has 1 N–H and O–H groups in total. The van der Waals surface area contributed by atoms with Gasteiger partial charge in [0.2, 0.25) is 0 Å². The van der Waals surface area contributed by atoms with Gasteiger partial charge in [0.05, 0.1) is 6.10 Å². The molecule has 88 valence electrons. The summed E-state index contributed by atoms with van der Waals surface area (Å²) in [6.45, 7) is 10.7. The minimum atomic E-state index is -0.172. The topological polar surface area (TPSA) is 20.2 Å². The summed E-state index contributed by atoms with van der Waals surface area (Å²) in [6.07, 6.45) is 6.82. The molecule has 0 bridgehead atoms. The summed E-state index contributed by atoms with van der Waals surface area (Å²) >= 11 is 0. The largest absolute Gasteiger partial charge is 0.392 e. The van der Waals surface area contributed by atoms with Crippen molar-refractivity contribution < 1.29 is 5.11 Å². The second-order valence-electron chi connectivity index (χ2n) is 6.47. The summed E-state index contributed by atoms with van der Waals surface area (Å²) < 4.78 is 0. The molecule has 0 heterocycles. The van der Waals surface area contributed by atoms with E-state index in [1.807, 2.05) is 0 Å². The average Bonchev–Trinajstić information content (AvgIpc) is 1.99. The van der Waals surface area contributed by atoms with Gasteiger partial charge in [-0.2, -0.15) is 0 Å². The van der Waals surface area contributed by atoms with E-state index >= 15 is 0 Å². The van der Waals surface area contributed by atoms with Gasteiger partial charge in [-0.3, -0.25) is 0 Å². The highest BCUT2D eigenvalue weighted by molar-refractivity contribution is 5.05. The van der Waals surface area contributed by atoms with E-state index in [9.17, 15) is 5.11 Å². The van der Waals surface area contributed by atoms with Gasteiger partial charge in [-0.1, -0.05) is 38.8 Å². The van der Waals surface area contributed by atoms with Crippen molar-refractivity contribution >= 4 is 0 Å². The Balaban J connectivity index is 2.73. The summed E-state index contributed by atoms with van der Waals surface area (Å²) in [6, 6.07) is 0. The zero-order valence-corrected chi connectivity index (χ0v) is 10.9. The molecule has 0 aromatic rings. The molecule has 1 nitrogen and oxygen atoms in total. The maximum Gasteiger partial charge on any atom is 0.0647 e. The van der Waals surface area contributed by atoms with Crippen molar-refractivity contribution in [1.82, 2.24) is 0 Å².